The number of nitrogens with zero attached hydrogens (tertiary/aromatic N) is 1. The molecule has 3 rings (SSSR count). The second-order valence-electron chi connectivity index (χ2n) is 8.03. The summed E-state index contributed by atoms with van der Waals surface area (Å²) in [5.74, 6) is -0.160. The van der Waals surface area contributed by atoms with E-state index in [1.165, 1.54) is 39.8 Å². The van der Waals surface area contributed by atoms with E-state index in [9.17, 15) is 14.4 Å². The van der Waals surface area contributed by atoms with Crippen molar-refractivity contribution in [1.82, 2.24) is 5.32 Å². The highest BCUT2D eigenvalue weighted by Gasteiger charge is 2.30. The standard InChI is InChI=1S/C25H27BN2O7S/c1-13(27-12-34-26)25(31)35-20-10-15-6-8-18(28-14(2)29)17-11-19(30)21(36-5)9-7-16(17)22(15)24(33-4)23(20)32-3/h7,9-13,18H,6,8H2,1-5H3,(H,28,29)/t13?,18-/m0/s1. The molecule has 36 heavy (non-hydrogen) atoms. The summed E-state index contributed by atoms with van der Waals surface area (Å²) in [5.41, 5.74) is 2.74. The van der Waals surface area contributed by atoms with Gasteiger partial charge in [0, 0.05) is 12.5 Å². The molecule has 188 valence electrons. The Balaban J connectivity index is 2.26. The molecule has 1 aliphatic carbocycles. The van der Waals surface area contributed by atoms with Crippen LogP contribution in [0.2, 0.25) is 0 Å². The number of rotatable bonds is 8. The van der Waals surface area contributed by atoms with Gasteiger partial charge in [0.05, 0.1) is 25.2 Å². The van der Waals surface area contributed by atoms with Gasteiger partial charge in [0.15, 0.2) is 23.3 Å². The molecule has 2 radical (unpaired) electrons. The molecule has 1 N–H and O–H groups in total. The molecule has 0 fully saturated rings. The lowest BCUT2D eigenvalue weighted by molar-refractivity contribution is -0.135. The number of methoxy groups -OCH3 is 2. The van der Waals surface area contributed by atoms with E-state index < -0.39 is 18.1 Å². The van der Waals surface area contributed by atoms with E-state index in [0.29, 0.717) is 40.2 Å². The van der Waals surface area contributed by atoms with Gasteiger partial charge in [-0.3, -0.25) is 9.59 Å². The SMILES string of the molecule is [B]OC=NC(C)C(=O)Oc1cc2c(c(OC)c1OC)-c1ccc(SC)c(=O)cc1[C@@H](NC(C)=O)CC2. The maximum absolute atomic E-state index is 12.9. The summed E-state index contributed by atoms with van der Waals surface area (Å²) >= 11 is 1.34. The lowest BCUT2D eigenvalue weighted by Gasteiger charge is -2.20. The highest BCUT2D eigenvalue weighted by molar-refractivity contribution is 7.98. The normalized spacial score (nSPS) is 15.2. The molecule has 1 unspecified atom stereocenters. The molecule has 0 saturated carbocycles. The Hall–Kier alpha value is -3.47. The number of fused-ring (bicyclic) bond motifs is 3. The Labute approximate surface area is 215 Å². The van der Waals surface area contributed by atoms with Gasteiger partial charge in [0.25, 0.3) is 0 Å². The minimum atomic E-state index is -0.882. The van der Waals surface area contributed by atoms with Crippen molar-refractivity contribution >= 4 is 38.1 Å². The lowest BCUT2D eigenvalue weighted by atomic mass is 9.95. The van der Waals surface area contributed by atoms with Gasteiger partial charge < -0.3 is 24.2 Å². The van der Waals surface area contributed by atoms with Crippen molar-refractivity contribution in [3.63, 3.8) is 0 Å². The number of hydrogen-bond donors (Lipinski definition) is 1. The molecular formula is C25H27BN2O7S. The van der Waals surface area contributed by atoms with E-state index in [4.69, 9.17) is 22.3 Å². The number of amides is 1. The average molecular weight is 510 g/mol. The van der Waals surface area contributed by atoms with Gasteiger partial charge in [-0.05, 0) is 60.9 Å². The molecule has 2 atom stereocenters. The van der Waals surface area contributed by atoms with Crippen LogP contribution in [0.3, 0.4) is 0 Å². The Morgan fingerprint density at radius 3 is 2.56 bits per heavy atom. The van der Waals surface area contributed by atoms with Crippen LogP contribution in [0.1, 0.15) is 37.4 Å². The molecule has 2 aromatic carbocycles. The zero-order valence-corrected chi connectivity index (χ0v) is 21.6. The second kappa shape index (κ2) is 12.0. The summed E-state index contributed by atoms with van der Waals surface area (Å²) in [4.78, 5) is 41.9. The third-order valence-corrected chi connectivity index (χ3v) is 6.55. The zero-order valence-electron chi connectivity index (χ0n) is 20.7. The molecule has 0 spiro atoms. The van der Waals surface area contributed by atoms with E-state index in [1.807, 2.05) is 12.3 Å². The molecule has 0 aliphatic heterocycles. The van der Waals surface area contributed by atoms with E-state index in [2.05, 4.69) is 15.0 Å². The maximum Gasteiger partial charge on any atom is 0.375 e. The average Bonchev–Trinajstić information content (AvgIpc) is 3.09. The second-order valence-corrected chi connectivity index (χ2v) is 8.88. The van der Waals surface area contributed by atoms with Crippen LogP contribution < -0.4 is 25.0 Å². The van der Waals surface area contributed by atoms with Crippen LogP contribution in [0.4, 0.5) is 0 Å². The predicted octanol–water partition coefficient (Wildman–Crippen LogP) is 3.00. The third kappa shape index (κ3) is 5.67. The van der Waals surface area contributed by atoms with E-state index >= 15 is 0 Å². The number of aliphatic imine (C=N–C) groups is 1. The van der Waals surface area contributed by atoms with Crippen LogP contribution in [0.15, 0.2) is 38.9 Å². The van der Waals surface area contributed by atoms with Gasteiger partial charge in [0.1, 0.15) is 6.04 Å². The Morgan fingerprint density at radius 2 is 1.94 bits per heavy atom. The van der Waals surface area contributed by atoms with Crippen molar-refractivity contribution in [2.75, 3.05) is 20.5 Å². The first-order valence-electron chi connectivity index (χ1n) is 11.1. The summed E-state index contributed by atoms with van der Waals surface area (Å²) in [6.07, 6.45) is 3.79. The molecule has 0 saturated heterocycles. The number of thioether (sulfide) groups is 1. The van der Waals surface area contributed by atoms with Crippen LogP contribution in [0.5, 0.6) is 17.2 Å². The van der Waals surface area contributed by atoms with Crippen molar-refractivity contribution in [2.45, 2.75) is 43.7 Å². The van der Waals surface area contributed by atoms with E-state index in [0.717, 1.165) is 12.0 Å². The number of ether oxygens (including phenoxy) is 3. The smallest absolute Gasteiger partial charge is 0.375 e. The highest BCUT2D eigenvalue weighted by atomic mass is 32.2. The molecule has 0 bridgehead atoms. The van der Waals surface area contributed by atoms with Gasteiger partial charge in [-0.2, -0.15) is 0 Å². The van der Waals surface area contributed by atoms with Crippen LogP contribution in [-0.4, -0.2) is 52.8 Å². The fourth-order valence-electron chi connectivity index (χ4n) is 4.17. The van der Waals surface area contributed by atoms with Gasteiger partial charge in [-0.15, -0.1) is 11.8 Å². The predicted molar refractivity (Wildman–Crippen MR) is 138 cm³/mol. The first-order valence-corrected chi connectivity index (χ1v) is 12.3. The Kier molecular flexibility index (Phi) is 9.03. The monoisotopic (exact) mass is 510 g/mol. The fraction of sp³-hybridized carbons (Fsp3) is 0.360. The van der Waals surface area contributed by atoms with Crippen molar-refractivity contribution in [2.24, 2.45) is 4.99 Å². The summed E-state index contributed by atoms with van der Waals surface area (Å²) < 4.78 is 21.3. The molecule has 1 amide bonds. The zero-order chi connectivity index (χ0) is 26.4. The van der Waals surface area contributed by atoms with Gasteiger partial charge in [-0.25, -0.2) is 9.79 Å². The number of benzene rings is 1. The number of carbonyl (C=O) groups is 2. The lowest BCUT2D eigenvalue weighted by Crippen LogP contribution is -2.26. The highest BCUT2D eigenvalue weighted by Crippen LogP contribution is 2.50. The van der Waals surface area contributed by atoms with Gasteiger partial charge in [-0.1, -0.05) is 6.07 Å². The summed E-state index contributed by atoms with van der Waals surface area (Å²) in [6.45, 7) is 2.97. The largest absolute Gasteiger partial charge is 0.560 e. The number of carbonyl (C=O) groups excluding carboxylic acids is 2. The van der Waals surface area contributed by atoms with Crippen molar-refractivity contribution in [1.29, 1.82) is 0 Å². The summed E-state index contributed by atoms with van der Waals surface area (Å²) in [7, 11) is 7.86. The topological polar surface area (TPSA) is 113 Å². The number of nitrogens with one attached hydrogen (secondary N) is 1. The van der Waals surface area contributed by atoms with E-state index in [1.54, 1.807) is 18.2 Å². The molecular weight excluding hydrogens is 483 g/mol. The molecule has 0 aromatic heterocycles. The fourth-order valence-corrected chi connectivity index (χ4v) is 4.63. The number of aryl methyl sites for hydroxylation is 1. The minimum Gasteiger partial charge on any atom is -0.560 e. The van der Waals surface area contributed by atoms with Crippen LogP contribution in [-0.2, 0) is 20.7 Å². The quantitative estimate of drug-likeness (QED) is 0.144. The first-order chi connectivity index (χ1) is 17.2. The van der Waals surface area contributed by atoms with E-state index in [-0.39, 0.29) is 22.8 Å². The number of esters is 1. The summed E-state index contributed by atoms with van der Waals surface area (Å²) in [5, 5.41) is 2.96. The van der Waals surface area contributed by atoms with Crippen molar-refractivity contribution in [3.05, 3.63) is 45.6 Å². The van der Waals surface area contributed by atoms with Crippen LogP contribution in [0.25, 0.3) is 11.1 Å². The minimum absolute atomic E-state index is 0.143. The summed E-state index contributed by atoms with van der Waals surface area (Å²) in [6, 6.07) is 5.59. The maximum atomic E-state index is 12.9. The molecule has 0 heterocycles. The Morgan fingerprint density at radius 1 is 1.22 bits per heavy atom. The van der Waals surface area contributed by atoms with Gasteiger partial charge >= 0.3 is 14.0 Å². The number of hydrogen-bond acceptors (Lipinski definition) is 9. The van der Waals surface area contributed by atoms with Crippen LogP contribution >= 0.6 is 11.8 Å². The third-order valence-electron chi connectivity index (χ3n) is 5.78. The molecule has 9 nitrogen and oxygen atoms in total. The van der Waals surface area contributed by atoms with Crippen molar-refractivity contribution in [3.8, 4) is 28.4 Å². The molecule has 2 aromatic rings. The van der Waals surface area contributed by atoms with Crippen LogP contribution in [0, 0.1) is 0 Å². The van der Waals surface area contributed by atoms with Gasteiger partial charge in [0.2, 0.25) is 11.7 Å². The Bertz CT molecular complexity index is 1250. The first kappa shape index (κ1) is 27.1. The molecule has 1 aliphatic rings. The van der Waals surface area contributed by atoms with Crippen molar-refractivity contribution < 1.29 is 28.5 Å². The molecule has 11 heteroatoms.